The summed E-state index contributed by atoms with van der Waals surface area (Å²) in [6, 6.07) is 15.9. The zero-order chi connectivity index (χ0) is 16.4. The molecule has 0 radical (unpaired) electrons. The number of nitrogens with one attached hydrogen (secondary N) is 2. The lowest BCUT2D eigenvalue weighted by Gasteiger charge is -2.26. The van der Waals surface area contributed by atoms with Gasteiger partial charge in [0.25, 0.3) is 5.91 Å². The minimum Gasteiger partial charge on any atom is -0.361 e. The van der Waals surface area contributed by atoms with Crippen molar-refractivity contribution in [2.24, 2.45) is 0 Å². The number of aromatic nitrogens is 1. The number of hydrogen-bond donors (Lipinski definition) is 2. The molecule has 0 saturated carbocycles. The van der Waals surface area contributed by atoms with Crippen LogP contribution in [0.5, 0.6) is 0 Å². The van der Waals surface area contributed by atoms with Gasteiger partial charge >= 0.3 is 0 Å². The largest absolute Gasteiger partial charge is 0.361 e. The second-order valence-corrected chi connectivity index (χ2v) is 6.69. The van der Waals surface area contributed by atoms with E-state index in [9.17, 15) is 4.79 Å². The Kier molecular flexibility index (Phi) is 3.95. The Hall–Kier alpha value is -2.55. The SMILES string of the molecule is Cc1ccccc1C(=O)NC(C)(C)Cc1c[nH]c2ccccc12. The highest BCUT2D eigenvalue weighted by Crippen LogP contribution is 2.22. The fraction of sp³-hybridized carbons (Fsp3) is 0.250. The van der Waals surface area contributed by atoms with Crippen LogP contribution in [-0.4, -0.2) is 16.4 Å². The van der Waals surface area contributed by atoms with Crippen LogP contribution >= 0.6 is 0 Å². The third-order valence-corrected chi connectivity index (χ3v) is 4.15. The molecule has 3 aromatic rings. The summed E-state index contributed by atoms with van der Waals surface area (Å²) in [6.45, 7) is 6.08. The summed E-state index contributed by atoms with van der Waals surface area (Å²) in [5, 5.41) is 4.38. The number of carbonyl (C=O) groups is 1. The normalized spacial score (nSPS) is 11.6. The average molecular weight is 306 g/mol. The molecule has 1 aromatic heterocycles. The van der Waals surface area contributed by atoms with Gasteiger partial charge in [-0.1, -0.05) is 36.4 Å². The van der Waals surface area contributed by atoms with Crippen molar-refractivity contribution in [2.75, 3.05) is 0 Å². The van der Waals surface area contributed by atoms with Crippen LogP contribution in [0.1, 0.15) is 35.3 Å². The minimum atomic E-state index is -0.329. The Balaban J connectivity index is 1.79. The van der Waals surface area contributed by atoms with Gasteiger partial charge in [-0.25, -0.2) is 0 Å². The molecule has 0 aliphatic heterocycles. The van der Waals surface area contributed by atoms with Crippen molar-refractivity contribution in [3.8, 4) is 0 Å². The molecule has 2 N–H and O–H groups in total. The zero-order valence-corrected chi connectivity index (χ0v) is 13.8. The smallest absolute Gasteiger partial charge is 0.251 e. The highest BCUT2D eigenvalue weighted by atomic mass is 16.1. The van der Waals surface area contributed by atoms with Crippen LogP contribution in [0.25, 0.3) is 10.9 Å². The van der Waals surface area contributed by atoms with Gasteiger partial charge in [-0.15, -0.1) is 0 Å². The first kappa shape index (κ1) is 15.3. The minimum absolute atomic E-state index is 0.0204. The molecule has 0 atom stereocenters. The fourth-order valence-corrected chi connectivity index (χ4v) is 3.00. The van der Waals surface area contributed by atoms with E-state index < -0.39 is 0 Å². The summed E-state index contributed by atoms with van der Waals surface area (Å²) in [6.07, 6.45) is 2.81. The van der Waals surface area contributed by atoms with Crippen LogP contribution in [0.3, 0.4) is 0 Å². The number of aryl methyl sites for hydroxylation is 1. The number of rotatable bonds is 4. The number of para-hydroxylation sites is 1. The van der Waals surface area contributed by atoms with Gasteiger partial charge in [0.1, 0.15) is 0 Å². The Labute approximate surface area is 136 Å². The molecular weight excluding hydrogens is 284 g/mol. The molecular formula is C20H22N2O. The monoisotopic (exact) mass is 306 g/mol. The lowest BCUT2D eigenvalue weighted by molar-refractivity contribution is 0.0912. The number of H-pyrrole nitrogens is 1. The van der Waals surface area contributed by atoms with Crippen LogP contribution in [0, 0.1) is 6.92 Å². The predicted octanol–water partition coefficient (Wildman–Crippen LogP) is 4.23. The molecule has 0 saturated heterocycles. The number of carbonyl (C=O) groups excluding carboxylic acids is 1. The van der Waals surface area contributed by atoms with Gasteiger partial charge in [0, 0.05) is 28.2 Å². The van der Waals surface area contributed by atoms with Crippen LogP contribution < -0.4 is 5.32 Å². The Morgan fingerprint density at radius 1 is 1.09 bits per heavy atom. The molecule has 0 spiro atoms. The van der Waals surface area contributed by atoms with E-state index in [0.29, 0.717) is 0 Å². The number of benzene rings is 2. The molecule has 3 nitrogen and oxygen atoms in total. The van der Waals surface area contributed by atoms with E-state index in [2.05, 4.69) is 36.3 Å². The molecule has 0 aliphatic carbocycles. The fourth-order valence-electron chi connectivity index (χ4n) is 3.00. The Bertz CT molecular complexity index is 845. The number of amides is 1. The molecule has 0 aliphatic rings. The second kappa shape index (κ2) is 5.92. The molecule has 1 amide bonds. The maximum absolute atomic E-state index is 12.6. The third-order valence-electron chi connectivity index (χ3n) is 4.15. The van der Waals surface area contributed by atoms with E-state index in [1.165, 1.54) is 10.9 Å². The standard InChI is InChI=1S/C20H22N2O/c1-14-8-4-5-9-16(14)19(23)22-20(2,3)12-15-13-21-18-11-7-6-10-17(15)18/h4-11,13,21H,12H2,1-3H3,(H,22,23). The first-order chi connectivity index (χ1) is 11.0. The van der Waals surface area contributed by atoms with Crippen molar-refractivity contribution in [3.63, 3.8) is 0 Å². The van der Waals surface area contributed by atoms with E-state index in [0.717, 1.165) is 23.1 Å². The highest BCUT2D eigenvalue weighted by molar-refractivity contribution is 5.96. The second-order valence-electron chi connectivity index (χ2n) is 6.69. The van der Waals surface area contributed by atoms with E-state index in [1.54, 1.807) is 0 Å². The van der Waals surface area contributed by atoms with Gasteiger partial charge in [0.05, 0.1) is 0 Å². The molecule has 118 valence electrons. The van der Waals surface area contributed by atoms with Gasteiger partial charge in [-0.2, -0.15) is 0 Å². The summed E-state index contributed by atoms with van der Waals surface area (Å²) < 4.78 is 0. The molecule has 2 aromatic carbocycles. The van der Waals surface area contributed by atoms with Crippen molar-refractivity contribution in [2.45, 2.75) is 32.7 Å². The van der Waals surface area contributed by atoms with Crippen molar-refractivity contribution >= 4 is 16.8 Å². The Morgan fingerprint density at radius 3 is 2.57 bits per heavy atom. The highest BCUT2D eigenvalue weighted by Gasteiger charge is 2.23. The zero-order valence-electron chi connectivity index (χ0n) is 13.8. The van der Waals surface area contributed by atoms with E-state index >= 15 is 0 Å². The molecule has 0 bridgehead atoms. The number of hydrogen-bond acceptors (Lipinski definition) is 1. The van der Waals surface area contributed by atoms with E-state index in [4.69, 9.17) is 0 Å². The van der Waals surface area contributed by atoms with Gasteiger partial charge in [0.2, 0.25) is 0 Å². The maximum Gasteiger partial charge on any atom is 0.251 e. The van der Waals surface area contributed by atoms with Gasteiger partial charge < -0.3 is 10.3 Å². The Morgan fingerprint density at radius 2 is 1.78 bits per heavy atom. The van der Waals surface area contributed by atoms with Crippen LogP contribution in [0.2, 0.25) is 0 Å². The molecule has 3 rings (SSSR count). The van der Waals surface area contributed by atoms with Crippen LogP contribution in [0.4, 0.5) is 0 Å². The molecule has 0 fully saturated rings. The number of fused-ring (bicyclic) bond motifs is 1. The first-order valence-corrected chi connectivity index (χ1v) is 7.89. The van der Waals surface area contributed by atoms with Gasteiger partial charge in [0.15, 0.2) is 0 Å². The topological polar surface area (TPSA) is 44.9 Å². The third kappa shape index (κ3) is 3.29. The van der Waals surface area contributed by atoms with Gasteiger partial charge in [-0.05, 0) is 50.5 Å². The quantitative estimate of drug-likeness (QED) is 0.744. The first-order valence-electron chi connectivity index (χ1n) is 7.89. The molecule has 0 unspecified atom stereocenters. The summed E-state index contributed by atoms with van der Waals surface area (Å²) in [4.78, 5) is 15.8. The average Bonchev–Trinajstić information content (AvgIpc) is 2.90. The summed E-state index contributed by atoms with van der Waals surface area (Å²) >= 11 is 0. The predicted molar refractivity (Wildman–Crippen MR) is 94.7 cm³/mol. The van der Waals surface area contributed by atoms with Gasteiger partial charge in [-0.3, -0.25) is 4.79 Å². The van der Waals surface area contributed by atoms with Crippen molar-refractivity contribution in [3.05, 3.63) is 71.4 Å². The number of aromatic amines is 1. The summed E-state index contributed by atoms with van der Waals surface area (Å²) in [5.41, 5.74) is 3.75. The van der Waals surface area contributed by atoms with Crippen molar-refractivity contribution < 1.29 is 4.79 Å². The molecule has 1 heterocycles. The van der Waals surface area contributed by atoms with Crippen molar-refractivity contribution in [1.29, 1.82) is 0 Å². The van der Waals surface area contributed by atoms with E-state index in [-0.39, 0.29) is 11.4 Å². The summed E-state index contributed by atoms with van der Waals surface area (Å²) in [5.74, 6) is -0.0204. The van der Waals surface area contributed by atoms with Crippen molar-refractivity contribution in [1.82, 2.24) is 10.3 Å². The van der Waals surface area contributed by atoms with Crippen LogP contribution in [0.15, 0.2) is 54.7 Å². The lowest BCUT2D eigenvalue weighted by Crippen LogP contribution is -2.45. The van der Waals surface area contributed by atoms with E-state index in [1.807, 2.05) is 49.5 Å². The molecule has 3 heteroatoms. The molecule has 23 heavy (non-hydrogen) atoms. The lowest BCUT2D eigenvalue weighted by atomic mass is 9.94. The van der Waals surface area contributed by atoms with Crippen LogP contribution in [-0.2, 0) is 6.42 Å². The summed E-state index contributed by atoms with van der Waals surface area (Å²) in [7, 11) is 0. The maximum atomic E-state index is 12.6.